The molecule has 0 saturated carbocycles. The van der Waals surface area contributed by atoms with Crippen LogP contribution in [0.3, 0.4) is 0 Å². The lowest BCUT2D eigenvalue weighted by atomic mass is 10.1. The van der Waals surface area contributed by atoms with Crippen LogP contribution in [0.2, 0.25) is 0 Å². The maximum atomic E-state index is 12.0. The van der Waals surface area contributed by atoms with Crippen molar-refractivity contribution in [1.29, 1.82) is 0 Å². The molecule has 0 aromatic carbocycles. The van der Waals surface area contributed by atoms with Crippen LogP contribution in [-0.2, 0) is 9.59 Å². The number of likely N-dealkylation sites (N-methyl/N-ethyl adjacent to an activating group) is 1. The number of hydrogen-bond acceptors (Lipinski definition) is 2. The number of nitrogens with zero attached hydrogens (tertiary/aromatic N) is 2. The zero-order valence-corrected chi connectivity index (χ0v) is 9.69. The number of ketones is 1. The quantitative estimate of drug-likeness (QED) is 0.673. The van der Waals surface area contributed by atoms with Crippen LogP contribution >= 0.6 is 0 Å². The molecular weight excluding hydrogens is 204 g/mol. The number of carbonyl (C=O) groups excluding carboxylic acids is 2. The first-order chi connectivity index (χ1) is 7.60. The number of hydrogen-bond donors (Lipinski definition) is 0. The topological polar surface area (TPSA) is 41.7 Å². The van der Waals surface area contributed by atoms with Gasteiger partial charge >= 0.3 is 0 Å². The lowest BCUT2D eigenvalue weighted by Gasteiger charge is -2.25. The third-order valence-corrected chi connectivity index (χ3v) is 2.74. The lowest BCUT2D eigenvalue weighted by Crippen LogP contribution is -2.40. The molecule has 0 aliphatic heterocycles. The van der Waals surface area contributed by atoms with E-state index in [1.165, 1.54) is 6.08 Å². The molecule has 0 aromatic rings. The molecule has 86 valence electrons. The molecule has 4 nitrogen and oxygen atoms in total. The van der Waals surface area contributed by atoms with Gasteiger partial charge in [0.15, 0.2) is 5.78 Å². The maximum absolute atomic E-state index is 12.0. The highest BCUT2D eigenvalue weighted by Gasteiger charge is 2.26. The zero-order valence-electron chi connectivity index (χ0n) is 9.69. The van der Waals surface area contributed by atoms with Gasteiger partial charge in [0.1, 0.15) is 6.04 Å². The highest BCUT2D eigenvalue weighted by Crippen LogP contribution is 2.18. The molecule has 1 atom stereocenters. The van der Waals surface area contributed by atoms with Crippen molar-refractivity contribution in [2.75, 3.05) is 13.1 Å². The fourth-order valence-corrected chi connectivity index (χ4v) is 1.84. The molecule has 0 radical (unpaired) electrons. The molecule has 1 aliphatic rings. The molecule has 1 aliphatic carbocycles. The summed E-state index contributed by atoms with van der Waals surface area (Å²) in [6, 6.07) is -0.0911. The molecule has 0 N–H and O–H groups in total. The molecule has 16 heavy (non-hydrogen) atoms. The van der Waals surface area contributed by atoms with E-state index in [0.717, 1.165) is 0 Å². The van der Waals surface area contributed by atoms with E-state index in [9.17, 15) is 9.59 Å². The SMILES string of the molecule is [C-]#[N+]C[C@@H](C)N(CC)C(=O)C1=CC(=O)CC1. The fourth-order valence-electron chi connectivity index (χ4n) is 1.84. The normalized spacial score (nSPS) is 16.6. The van der Waals surface area contributed by atoms with Crippen LogP contribution in [0.4, 0.5) is 0 Å². The van der Waals surface area contributed by atoms with Crippen molar-refractivity contribution in [3.63, 3.8) is 0 Å². The number of carbonyl (C=O) groups is 2. The highest BCUT2D eigenvalue weighted by atomic mass is 16.2. The Morgan fingerprint density at radius 1 is 1.62 bits per heavy atom. The molecule has 4 heteroatoms. The van der Waals surface area contributed by atoms with Gasteiger partial charge in [0.25, 0.3) is 0 Å². The van der Waals surface area contributed by atoms with Crippen molar-refractivity contribution in [1.82, 2.24) is 4.90 Å². The van der Waals surface area contributed by atoms with Crippen molar-refractivity contribution < 1.29 is 9.59 Å². The average molecular weight is 220 g/mol. The lowest BCUT2D eigenvalue weighted by molar-refractivity contribution is -0.128. The van der Waals surface area contributed by atoms with Gasteiger partial charge in [0.2, 0.25) is 12.5 Å². The van der Waals surface area contributed by atoms with Crippen molar-refractivity contribution in [3.05, 3.63) is 23.1 Å². The van der Waals surface area contributed by atoms with Gasteiger partial charge in [-0.3, -0.25) is 9.59 Å². The van der Waals surface area contributed by atoms with Gasteiger partial charge in [-0.1, -0.05) is 0 Å². The molecule has 1 amide bonds. The Balaban J connectivity index is 2.74. The summed E-state index contributed by atoms with van der Waals surface area (Å²) in [5.41, 5.74) is 0.587. The second-order valence-corrected chi connectivity index (χ2v) is 3.92. The van der Waals surface area contributed by atoms with Crippen LogP contribution in [0.15, 0.2) is 11.6 Å². The molecule has 0 spiro atoms. The van der Waals surface area contributed by atoms with Crippen molar-refractivity contribution >= 4 is 11.7 Å². The molecular formula is C12H16N2O2. The Morgan fingerprint density at radius 3 is 2.75 bits per heavy atom. The molecule has 0 saturated heterocycles. The van der Waals surface area contributed by atoms with Gasteiger partial charge < -0.3 is 9.74 Å². The van der Waals surface area contributed by atoms with E-state index in [2.05, 4.69) is 4.85 Å². The molecule has 0 aromatic heterocycles. The molecule has 1 rings (SSSR count). The van der Waals surface area contributed by atoms with E-state index >= 15 is 0 Å². The standard InChI is InChI=1S/C12H16N2O2/c1-4-14(9(2)8-13-3)12(16)10-5-6-11(15)7-10/h7,9H,4-6,8H2,1-2H3/t9-/m1/s1. The fraction of sp³-hybridized carbons (Fsp3) is 0.583. The summed E-state index contributed by atoms with van der Waals surface area (Å²) in [6.07, 6.45) is 2.42. The molecule has 0 heterocycles. The summed E-state index contributed by atoms with van der Waals surface area (Å²) in [5, 5.41) is 0. The minimum atomic E-state index is -0.0931. The smallest absolute Gasteiger partial charge is 0.250 e. The Bertz CT molecular complexity index is 366. The van der Waals surface area contributed by atoms with E-state index < -0.39 is 0 Å². The van der Waals surface area contributed by atoms with Crippen LogP contribution in [0.5, 0.6) is 0 Å². The van der Waals surface area contributed by atoms with Crippen LogP contribution in [0.1, 0.15) is 26.7 Å². The van der Waals surface area contributed by atoms with Gasteiger partial charge in [-0.2, -0.15) is 0 Å². The maximum Gasteiger partial charge on any atom is 0.250 e. The van der Waals surface area contributed by atoms with Crippen LogP contribution in [0, 0.1) is 6.57 Å². The van der Waals surface area contributed by atoms with Gasteiger partial charge in [-0.25, -0.2) is 6.57 Å². The predicted octanol–water partition coefficient (Wildman–Crippen LogP) is 1.43. The number of amides is 1. The molecule has 0 fully saturated rings. The third kappa shape index (κ3) is 2.69. The first-order valence-electron chi connectivity index (χ1n) is 5.47. The number of allylic oxidation sites excluding steroid dienone is 1. The largest absolute Gasteiger partial charge is 0.329 e. The van der Waals surface area contributed by atoms with Gasteiger partial charge in [-0.15, -0.1) is 0 Å². The van der Waals surface area contributed by atoms with Crippen molar-refractivity contribution in [3.8, 4) is 0 Å². The van der Waals surface area contributed by atoms with Gasteiger partial charge in [0.05, 0.1) is 0 Å². The van der Waals surface area contributed by atoms with E-state index in [1.807, 2.05) is 13.8 Å². The van der Waals surface area contributed by atoms with Crippen molar-refractivity contribution in [2.24, 2.45) is 0 Å². The minimum absolute atomic E-state index is 0.0252. The monoisotopic (exact) mass is 220 g/mol. The second kappa shape index (κ2) is 5.45. The third-order valence-electron chi connectivity index (χ3n) is 2.74. The first-order valence-corrected chi connectivity index (χ1v) is 5.47. The van der Waals surface area contributed by atoms with E-state index in [1.54, 1.807) is 4.90 Å². The van der Waals surface area contributed by atoms with Crippen LogP contribution in [-0.4, -0.2) is 35.7 Å². The van der Waals surface area contributed by atoms with E-state index in [0.29, 0.717) is 31.5 Å². The predicted molar refractivity (Wildman–Crippen MR) is 60.6 cm³/mol. The van der Waals surface area contributed by atoms with Gasteiger partial charge in [-0.05, 0) is 26.3 Å². The molecule has 0 bridgehead atoms. The Morgan fingerprint density at radius 2 is 2.31 bits per heavy atom. The van der Waals surface area contributed by atoms with Crippen LogP contribution in [0.25, 0.3) is 4.85 Å². The summed E-state index contributed by atoms with van der Waals surface area (Å²) in [4.78, 5) is 28.1. The van der Waals surface area contributed by atoms with E-state index in [-0.39, 0.29) is 17.7 Å². The Kier molecular flexibility index (Phi) is 4.24. The number of rotatable bonds is 4. The van der Waals surface area contributed by atoms with Crippen molar-refractivity contribution in [2.45, 2.75) is 32.7 Å². The second-order valence-electron chi connectivity index (χ2n) is 3.92. The zero-order chi connectivity index (χ0) is 12.1. The first kappa shape index (κ1) is 12.4. The highest BCUT2D eigenvalue weighted by molar-refractivity contribution is 6.05. The summed E-state index contributed by atoms with van der Waals surface area (Å²) < 4.78 is 0. The van der Waals surface area contributed by atoms with Crippen LogP contribution < -0.4 is 0 Å². The summed E-state index contributed by atoms with van der Waals surface area (Å²) in [5.74, 6) is -0.0678. The summed E-state index contributed by atoms with van der Waals surface area (Å²) in [6.45, 7) is 11.4. The van der Waals surface area contributed by atoms with Gasteiger partial charge in [0, 0.05) is 18.5 Å². The minimum Gasteiger partial charge on any atom is -0.329 e. The summed E-state index contributed by atoms with van der Waals surface area (Å²) >= 11 is 0. The Hall–Kier alpha value is -1.63. The van der Waals surface area contributed by atoms with E-state index in [4.69, 9.17) is 6.57 Å². The average Bonchev–Trinajstić information content (AvgIpc) is 2.66. The molecule has 0 unspecified atom stereocenters. The Labute approximate surface area is 95.7 Å². The summed E-state index contributed by atoms with van der Waals surface area (Å²) in [7, 11) is 0.